The molecule has 5 heteroatoms. The maximum atomic E-state index is 13.1. The number of aromatic nitrogens is 3. The highest BCUT2D eigenvalue weighted by atomic mass is 16.5. The molecule has 0 N–H and O–H groups in total. The van der Waals surface area contributed by atoms with E-state index in [0.29, 0.717) is 23.8 Å². The number of carbonyl (C=O) groups excluding carboxylic acids is 1. The first kappa shape index (κ1) is 18.7. The Morgan fingerprint density at radius 3 is 2.57 bits per heavy atom. The molecule has 1 aromatic carbocycles. The van der Waals surface area contributed by atoms with Crippen LogP contribution in [0.2, 0.25) is 0 Å². The standard InChI is InChI=1S/C23H27N3O2/c1-3-26-22-18(15-24-26)19(16-11-7-5-8-12-16)20(23(27)28-4-2)21(25-22)17-13-9-6-10-14-17/h6,9-10,13-16H,3-5,7-8,11-12H2,1-2H3. The van der Waals surface area contributed by atoms with Crippen LogP contribution >= 0.6 is 0 Å². The van der Waals surface area contributed by atoms with Crippen LogP contribution < -0.4 is 0 Å². The minimum Gasteiger partial charge on any atom is -0.462 e. The third kappa shape index (κ3) is 3.30. The topological polar surface area (TPSA) is 57.0 Å². The number of benzene rings is 1. The van der Waals surface area contributed by atoms with Crippen molar-refractivity contribution < 1.29 is 9.53 Å². The first-order chi connectivity index (χ1) is 13.7. The van der Waals surface area contributed by atoms with Gasteiger partial charge in [-0.1, -0.05) is 49.6 Å². The molecule has 0 aliphatic heterocycles. The summed E-state index contributed by atoms with van der Waals surface area (Å²) in [5, 5.41) is 5.55. The van der Waals surface area contributed by atoms with E-state index in [9.17, 15) is 4.79 Å². The number of aryl methyl sites for hydroxylation is 1. The predicted octanol–water partition coefficient (Wildman–Crippen LogP) is 5.34. The molecule has 2 aromatic heterocycles. The summed E-state index contributed by atoms with van der Waals surface area (Å²) in [5.74, 6) is 0.0659. The van der Waals surface area contributed by atoms with Gasteiger partial charge in [0.15, 0.2) is 5.65 Å². The Labute approximate surface area is 165 Å². The van der Waals surface area contributed by atoms with Crippen molar-refractivity contribution in [1.82, 2.24) is 14.8 Å². The Balaban J connectivity index is 2.04. The third-order valence-electron chi connectivity index (χ3n) is 5.67. The molecule has 0 bridgehead atoms. The van der Waals surface area contributed by atoms with Crippen LogP contribution in [0, 0.1) is 0 Å². The first-order valence-electron chi connectivity index (χ1n) is 10.4. The van der Waals surface area contributed by atoms with Gasteiger partial charge in [-0.05, 0) is 38.2 Å². The minimum absolute atomic E-state index is 0.277. The molecule has 0 saturated heterocycles. The van der Waals surface area contributed by atoms with Crippen molar-refractivity contribution in [3.63, 3.8) is 0 Å². The van der Waals surface area contributed by atoms with Crippen LogP contribution in [0.1, 0.15) is 67.8 Å². The van der Waals surface area contributed by atoms with Crippen molar-refractivity contribution in [2.45, 2.75) is 58.4 Å². The molecule has 0 amide bonds. The smallest absolute Gasteiger partial charge is 0.340 e. The van der Waals surface area contributed by atoms with Crippen LogP contribution in [0.15, 0.2) is 36.5 Å². The fraction of sp³-hybridized carbons (Fsp3) is 0.435. The normalized spacial score (nSPS) is 15.1. The van der Waals surface area contributed by atoms with Gasteiger partial charge >= 0.3 is 5.97 Å². The lowest BCUT2D eigenvalue weighted by Crippen LogP contribution is -2.16. The molecule has 2 heterocycles. The average Bonchev–Trinajstić information content (AvgIpc) is 3.16. The Hall–Kier alpha value is -2.69. The van der Waals surface area contributed by atoms with Gasteiger partial charge in [0.05, 0.1) is 24.1 Å². The molecular formula is C23H27N3O2. The largest absolute Gasteiger partial charge is 0.462 e. The van der Waals surface area contributed by atoms with Gasteiger partial charge in [-0.25, -0.2) is 14.5 Å². The number of pyridine rings is 1. The monoisotopic (exact) mass is 377 g/mol. The van der Waals surface area contributed by atoms with Crippen molar-refractivity contribution in [3.8, 4) is 11.3 Å². The van der Waals surface area contributed by atoms with Crippen molar-refractivity contribution in [3.05, 3.63) is 47.7 Å². The van der Waals surface area contributed by atoms with E-state index in [0.717, 1.165) is 41.5 Å². The summed E-state index contributed by atoms with van der Waals surface area (Å²) in [4.78, 5) is 18.1. The molecule has 0 radical (unpaired) electrons. The fourth-order valence-corrected chi connectivity index (χ4v) is 4.37. The molecular weight excluding hydrogens is 350 g/mol. The van der Waals surface area contributed by atoms with Gasteiger partial charge < -0.3 is 4.74 Å². The first-order valence-corrected chi connectivity index (χ1v) is 10.4. The molecule has 0 unspecified atom stereocenters. The Kier molecular flexibility index (Phi) is 5.42. The fourth-order valence-electron chi connectivity index (χ4n) is 4.37. The zero-order valence-corrected chi connectivity index (χ0v) is 16.6. The number of rotatable bonds is 5. The van der Waals surface area contributed by atoms with Gasteiger partial charge in [-0.15, -0.1) is 0 Å². The van der Waals surface area contributed by atoms with Gasteiger partial charge in [0.25, 0.3) is 0 Å². The van der Waals surface area contributed by atoms with Crippen molar-refractivity contribution in [1.29, 1.82) is 0 Å². The summed E-state index contributed by atoms with van der Waals surface area (Å²) in [6, 6.07) is 9.95. The van der Waals surface area contributed by atoms with Crippen molar-refractivity contribution in [2.24, 2.45) is 0 Å². The maximum Gasteiger partial charge on any atom is 0.340 e. The molecule has 1 aliphatic rings. The summed E-state index contributed by atoms with van der Waals surface area (Å²) in [6.45, 7) is 5.01. The summed E-state index contributed by atoms with van der Waals surface area (Å²) in [6.07, 6.45) is 7.72. The van der Waals surface area contributed by atoms with Crippen molar-refractivity contribution in [2.75, 3.05) is 6.61 Å². The SMILES string of the molecule is CCOC(=O)c1c(-c2ccccc2)nc2c(cnn2CC)c1C1CCCCC1. The van der Waals surface area contributed by atoms with E-state index >= 15 is 0 Å². The van der Waals surface area contributed by atoms with Crippen molar-refractivity contribution >= 4 is 17.0 Å². The van der Waals surface area contributed by atoms with Gasteiger partial charge in [0.2, 0.25) is 0 Å². The van der Waals surface area contributed by atoms with Crippen LogP contribution in [-0.4, -0.2) is 27.3 Å². The van der Waals surface area contributed by atoms with Gasteiger partial charge in [-0.3, -0.25) is 0 Å². The van der Waals surface area contributed by atoms with E-state index in [1.54, 1.807) is 0 Å². The maximum absolute atomic E-state index is 13.1. The predicted molar refractivity (Wildman–Crippen MR) is 110 cm³/mol. The summed E-state index contributed by atoms with van der Waals surface area (Å²) >= 11 is 0. The second-order valence-electron chi connectivity index (χ2n) is 7.37. The van der Waals surface area contributed by atoms with Gasteiger partial charge in [0.1, 0.15) is 0 Å². The second-order valence-corrected chi connectivity index (χ2v) is 7.37. The van der Waals surface area contributed by atoms with Gasteiger partial charge in [-0.2, -0.15) is 5.10 Å². The van der Waals surface area contributed by atoms with Crippen LogP contribution in [0.25, 0.3) is 22.3 Å². The number of fused-ring (bicyclic) bond motifs is 1. The Morgan fingerprint density at radius 1 is 1.14 bits per heavy atom. The highest BCUT2D eigenvalue weighted by Gasteiger charge is 2.30. The molecule has 3 aromatic rings. The third-order valence-corrected chi connectivity index (χ3v) is 5.67. The summed E-state index contributed by atoms with van der Waals surface area (Å²) < 4.78 is 7.42. The molecule has 28 heavy (non-hydrogen) atoms. The van der Waals surface area contributed by atoms with E-state index in [-0.39, 0.29) is 5.97 Å². The van der Waals surface area contributed by atoms with E-state index in [4.69, 9.17) is 9.72 Å². The van der Waals surface area contributed by atoms with Gasteiger partial charge in [0, 0.05) is 17.5 Å². The second kappa shape index (κ2) is 8.13. The molecule has 0 spiro atoms. The quantitative estimate of drug-likeness (QED) is 0.563. The molecule has 1 aliphatic carbocycles. The Morgan fingerprint density at radius 2 is 1.89 bits per heavy atom. The molecule has 5 nitrogen and oxygen atoms in total. The van der Waals surface area contributed by atoms with E-state index in [1.807, 2.05) is 48.1 Å². The lowest BCUT2D eigenvalue weighted by Gasteiger charge is -2.25. The average molecular weight is 377 g/mol. The zero-order chi connectivity index (χ0) is 19.5. The molecule has 4 rings (SSSR count). The van der Waals surface area contributed by atoms with Crippen LogP contribution in [-0.2, 0) is 11.3 Å². The number of ether oxygens (including phenoxy) is 1. The Bertz CT molecular complexity index is 972. The highest BCUT2D eigenvalue weighted by molar-refractivity contribution is 6.03. The summed E-state index contributed by atoms with van der Waals surface area (Å²) in [7, 11) is 0. The number of carbonyl (C=O) groups is 1. The molecule has 146 valence electrons. The molecule has 1 fully saturated rings. The number of nitrogens with zero attached hydrogens (tertiary/aromatic N) is 3. The van der Waals surface area contributed by atoms with Crippen LogP contribution in [0.5, 0.6) is 0 Å². The molecule has 1 saturated carbocycles. The summed E-state index contributed by atoms with van der Waals surface area (Å²) in [5.41, 5.74) is 4.22. The number of esters is 1. The zero-order valence-electron chi connectivity index (χ0n) is 16.6. The number of hydrogen-bond donors (Lipinski definition) is 0. The van der Waals surface area contributed by atoms with Crippen LogP contribution in [0.3, 0.4) is 0 Å². The minimum atomic E-state index is -0.277. The number of hydrogen-bond acceptors (Lipinski definition) is 4. The van der Waals surface area contributed by atoms with Crippen LogP contribution in [0.4, 0.5) is 0 Å². The highest BCUT2D eigenvalue weighted by Crippen LogP contribution is 2.41. The van der Waals surface area contributed by atoms with E-state index in [2.05, 4.69) is 12.0 Å². The van der Waals surface area contributed by atoms with E-state index < -0.39 is 0 Å². The lowest BCUT2D eigenvalue weighted by atomic mass is 9.80. The lowest BCUT2D eigenvalue weighted by molar-refractivity contribution is 0.0525. The molecule has 0 atom stereocenters. The van der Waals surface area contributed by atoms with E-state index in [1.165, 1.54) is 19.3 Å².